The van der Waals surface area contributed by atoms with Crippen LogP contribution < -0.4 is 4.74 Å². The third-order valence-electron chi connectivity index (χ3n) is 2.71. The molecule has 100 valence electrons. The fraction of sp³-hybridized carbons (Fsp3) is 0.143. The van der Waals surface area contributed by atoms with Gasteiger partial charge < -0.3 is 4.74 Å². The second kappa shape index (κ2) is 6.01. The Morgan fingerprint density at radius 2 is 1.58 bits per heavy atom. The average Bonchev–Trinajstić information content (AvgIpc) is 2.37. The molecule has 0 aliphatic heterocycles. The summed E-state index contributed by atoms with van der Waals surface area (Å²) in [7, 11) is 1.56. The molecule has 1 unspecified atom stereocenters. The average molecular weight is 392 g/mol. The number of methoxy groups -OCH3 is 1. The molecule has 0 N–H and O–H groups in total. The van der Waals surface area contributed by atoms with Gasteiger partial charge in [-0.1, -0.05) is 44.0 Å². The Labute approximate surface area is 126 Å². The van der Waals surface area contributed by atoms with Crippen LogP contribution in [-0.4, -0.2) is 7.11 Å². The quantitative estimate of drug-likeness (QED) is 0.651. The number of ether oxygens (including phenoxy) is 1. The van der Waals surface area contributed by atoms with E-state index in [4.69, 9.17) is 4.74 Å². The van der Waals surface area contributed by atoms with Gasteiger partial charge in [-0.25, -0.2) is 8.78 Å². The van der Waals surface area contributed by atoms with Crippen LogP contribution in [0.5, 0.6) is 5.75 Å². The molecule has 0 saturated heterocycles. The molecule has 0 amide bonds. The highest BCUT2D eigenvalue weighted by Crippen LogP contribution is 2.36. The zero-order chi connectivity index (χ0) is 14.0. The Hall–Kier alpha value is -0.940. The molecule has 2 rings (SSSR count). The lowest BCUT2D eigenvalue weighted by molar-refractivity contribution is 0.414. The summed E-state index contributed by atoms with van der Waals surface area (Å²) in [5.41, 5.74) is 0.745. The standard InChI is InChI=1S/C14H10Br2F2O/c1-19-10-4-2-8(3-5-10)14(16)13-11(17)6-9(15)7-12(13)18/h2-7,14H,1H3. The molecular weight excluding hydrogens is 382 g/mol. The summed E-state index contributed by atoms with van der Waals surface area (Å²) in [5, 5.41) is 0. The van der Waals surface area contributed by atoms with Crippen molar-refractivity contribution in [1.29, 1.82) is 0 Å². The minimum absolute atomic E-state index is 0.00614. The van der Waals surface area contributed by atoms with E-state index in [-0.39, 0.29) is 5.56 Å². The lowest BCUT2D eigenvalue weighted by atomic mass is 10.0. The van der Waals surface area contributed by atoms with Gasteiger partial charge in [0.05, 0.1) is 11.9 Å². The SMILES string of the molecule is COc1ccc(C(Br)c2c(F)cc(Br)cc2F)cc1. The zero-order valence-electron chi connectivity index (χ0n) is 9.96. The van der Waals surface area contributed by atoms with Gasteiger partial charge in [0.15, 0.2) is 0 Å². The molecule has 0 radical (unpaired) electrons. The van der Waals surface area contributed by atoms with Crippen molar-refractivity contribution < 1.29 is 13.5 Å². The Morgan fingerprint density at radius 1 is 1.05 bits per heavy atom. The highest BCUT2D eigenvalue weighted by Gasteiger charge is 2.20. The zero-order valence-corrected chi connectivity index (χ0v) is 13.1. The third-order valence-corrected chi connectivity index (χ3v) is 4.15. The maximum atomic E-state index is 13.9. The molecule has 0 aliphatic carbocycles. The molecule has 0 aromatic heterocycles. The first-order chi connectivity index (χ1) is 9.02. The lowest BCUT2D eigenvalue weighted by Crippen LogP contribution is -2.01. The first-order valence-corrected chi connectivity index (χ1v) is 7.16. The van der Waals surface area contributed by atoms with Gasteiger partial charge in [0.2, 0.25) is 0 Å². The normalized spacial score (nSPS) is 12.3. The fourth-order valence-corrected chi connectivity index (χ4v) is 2.88. The monoisotopic (exact) mass is 390 g/mol. The molecule has 0 spiro atoms. The van der Waals surface area contributed by atoms with Crippen LogP contribution in [0, 0.1) is 11.6 Å². The van der Waals surface area contributed by atoms with E-state index in [2.05, 4.69) is 31.9 Å². The summed E-state index contributed by atoms with van der Waals surface area (Å²) in [5.74, 6) is -0.491. The minimum Gasteiger partial charge on any atom is -0.497 e. The molecule has 1 nitrogen and oxygen atoms in total. The van der Waals surface area contributed by atoms with Crippen LogP contribution in [0.25, 0.3) is 0 Å². The molecule has 2 aromatic carbocycles. The highest BCUT2D eigenvalue weighted by molar-refractivity contribution is 9.10. The van der Waals surface area contributed by atoms with Gasteiger partial charge >= 0.3 is 0 Å². The van der Waals surface area contributed by atoms with Gasteiger partial charge in [0.1, 0.15) is 17.4 Å². The van der Waals surface area contributed by atoms with Gasteiger partial charge in [0, 0.05) is 10.0 Å². The van der Waals surface area contributed by atoms with Crippen LogP contribution in [0.4, 0.5) is 8.78 Å². The predicted molar refractivity (Wildman–Crippen MR) is 77.8 cm³/mol. The molecule has 5 heteroatoms. The highest BCUT2D eigenvalue weighted by atomic mass is 79.9. The summed E-state index contributed by atoms with van der Waals surface area (Å²) in [6.45, 7) is 0. The van der Waals surface area contributed by atoms with Crippen LogP contribution in [-0.2, 0) is 0 Å². The molecule has 0 heterocycles. The first-order valence-electron chi connectivity index (χ1n) is 5.45. The molecule has 1 atom stereocenters. The number of hydrogen-bond acceptors (Lipinski definition) is 1. The van der Waals surface area contributed by atoms with E-state index >= 15 is 0 Å². The van der Waals surface area contributed by atoms with Crippen molar-refractivity contribution in [2.75, 3.05) is 7.11 Å². The summed E-state index contributed by atoms with van der Waals surface area (Å²) in [6, 6.07) is 9.52. The lowest BCUT2D eigenvalue weighted by Gasteiger charge is -2.13. The summed E-state index contributed by atoms with van der Waals surface area (Å²) in [4.78, 5) is -0.550. The molecule has 0 aliphatic rings. The van der Waals surface area contributed by atoms with E-state index in [9.17, 15) is 8.78 Å². The van der Waals surface area contributed by atoms with Gasteiger partial charge in [-0.05, 0) is 29.8 Å². The fourth-order valence-electron chi connectivity index (χ4n) is 1.74. The Morgan fingerprint density at radius 3 is 2.05 bits per heavy atom. The van der Waals surface area contributed by atoms with Crippen molar-refractivity contribution in [3.63, 3.8) is 0 Å². The third kappa shape index (κ3) is 3.15. The maximum absolute atomic E-state index is 13.9. The molecule has 2 aromatic rings. The Kier molecular flexibility index (Phi) is 4.58. The van der Waals surface area contributed by atoms with Crippen molar-refractivity contribution in [2.24, 2.45) is 0 Å². The Bertz CT molecular complexity index is 561. The molecule has 19 heavy (non-hydrogen) atoms. The van der Waals surface area contributed by atoms with E-state index in [1.807, 2.05) is 0 Å². The summed E-state index contributed by atoms with van der Waals surface area (Å²) >= 11 is 6.39. The van der Waals surface area contributed by atoms with Gasteiger partial charge in [0.25, 0.3) is 0 Å². The second-order valence-electron chi connectivity index (χ2n) is 3.92. The summed E-state index contributed by atoms with van der Waals surface area (Å²) < 4.78 is 33.2. The molecule has 0 fully saturated rings. The first kappa shape index (κ1) is 14.5. The number of hydrogen-bond donors (Lipinski definition) is 0. The van der Waals surface area contributed by atoms with Gasteiger partial charge in [-0.2, -0.15) is 0 Å². The molecular formula is C14H10Br2F2O. The molecule has 0 saturated carbocycles. The van der Waals surface area contributed by atoms with Crippen molar-refractivity contribution >= 4 is 31.9 Å². The van der Waals surface area contributed by atoms with E-state index in [1.54, 1.807) is 31.4 Å². The summed E-state index contributed by atoms with van der Waals surface area (Å²) in [6.07, 6.45) is 0. The Balaban J connectivity index is 2.40. The molecule has 0 bridgehead atoms. The van der Waals surface area contributed by atoms with E-state index in [1.165, 1.54) is 12.1 Å². The number of rotatable bonds is 3. The van der Waals surface area contributed by atoms with Crippen molar-refractivity contribution in [2.45, 2.75) is 4.83 Å². The van der Waals surface area contributed by atoms with Crippen molar-refractivity contribution in [1.82, 2.24) is 0 Å². The van der Waals surface area contributed by atoms with Crippen LogP contribution in [0.2, 0.25) is 0 Å². The number of benzene rings is 2. The van der Waals surface area contributed by atoms with Crippen LogP contribution in [0.3, 0.4) is 0 Å². The largest absolute Gasteiger partial charge is 0.497 e. The van der Waals surface area contributed by atoms with Crippen LogP contribution in [0.1, 0.15) is 16.0 Å². The van der Waals surface area contributed by atoms with Crippen LogP contribution in [0.15, 0.2) is 40.9 Å². The smallest absolute Gasteiger partial charge is 0.131 e. The minimum atomic E-state index is -0.593. The van der Waals surface area contributed by atoms with Crippen LogP contribution >= 0.6 is 31.9 Å². The van der Waals surface area contributed by atoms with E-state index in [0.29, 0.717) is 10.2 Å². The topological polar surface area (TPSA) is 9.23 Å². The van der Waals surface area contributed by atoms with Crippen molar-refractivity contribution in [3.8, 4) is 5.75 Å². The predicted octanol–water partition coefficient (Wildman–Crippen LogP) is 5.22. The van der Waals surface area contributed by atoms with Crippen molar-refractivity contribution in [3.05, 3.63) is 63.6 Å². The number of alkyl halides is 1. The van der Waals surface area contributed by atoms with Gasteiger partial charge in [-0.3, -0.25) is 0 Å². The second-order valence-corrected chi connectivity index (χ2v) is 5.75. The van der Waals surface area contributed by atoms with Gasteiger partial charge in [-0.15, -0.1) is 0 Å². The van der Waals surface area contributed by atoms with E-state index in [0.717, 1.165) is 5.56 Å². The number of halogens is 4. The maximum Gasteiger partial charge on any atom is 0.131 e. The van der Waals surface area contributed by atoms with E-state index < -0.39 is 16.5 Å².